The van der Waals surface area contributed by atoms with Gasteiger partial charge in [-0.05, 0) is 35.7 Å². The van der Waals surface area contributed by atoms with Crippen molar-refractivity contribution in [1.82, 2.24) is 5.32 Å². The first-order chi connectivity index (χ1) is 12.3. The predicted molar refractivity (Wildman–Crippen MR) is 99.8 cm³/mol. The van der Waals surface area contributed by atoms with E-state index < -0.39 is 0 Å². The highest BCUT2D eigenvalue weighted by Gasteiger charge is 2.16. The number of ether oxygens (including phenoxy) is 1. The molecule has 0 saturated carbocycles. The minimum Gasteiger partial charge on any atom is -0.497 e. The molecule has 25 heavy (non-hydrogen) atoms. The van der Waals surface area contributed by atoms with E-state index in [4.69, 9.17) is 4.74 Å². The zero-order chi connectivity index (χ0) is 17.5. The first-order valence-electron chi connectivity index (χ1n) is 8.30. The third-order valence-electron chi connectivity index (χ3n) is 4.12. The molecule has 0 heterocycles. The maximum Gasteiger partial charge on any atom is 0.251 e. The fraction of sp³-hybridized carbons (Fsp3) is 0.136. The first-order valence-corrected chi connectivity index (χ1v) is 8.30. The van der Waals surface area contributed by atoms with E-state index in [1.54, 1.807) is 19.2 Å². The van der Waals surface area contributed by atoms with Crippen molar-refractivity contribution >= 4 is 5.91 Å². The van der Waals surface area contributed by atoms with Crippen LogP contribution in [0.1, 0.15) is 27.5 Å². The topological polar surface area (TPSA) is 38.3 Å². The van der Waals surface area contributed by atoms with Crippen LogP contribution in [0.15, 0.2) is 84.9 Å². The Morgan fingerprint density at radius 1 is 0.920 bits per heavy atom. The van der Waals surface area contributed by atoms with Crippen molar-refractivity contribution in [2.75, 3.05) is 7.11 Å². The van der Waals surface area contributed by atoms with Gasteiger partial charge in [-0.25, -0.2) is 0 Å². The molecule has 0 aliphatic carbocycles. The number of hydrogen-bond donors (Lipinski definition) is 1. The van der Waals surface area contributed by atoms with Crippen molar-refractivity contribution in [1.29, 1.82) is 0 Å². The maximum absolute atomic E-state index is 12.7. The molecule has 0 spiro atoms. The van der Waals surface area contributed by atoms with Crippen molar-refractivity contribution in [2.45, 2.75) is 12.5 Å². The zero-order valence-corrected chi connectivity index (χ0v) is 14.2. The molecule has 3 heteroatoms. The van der Waals surface area contributed by atoms with E-state index in [1.165, 1.54) is 5.56 Å². The van der Waals surface area contributed by atoms with Crippen molar-refractivity contribution in [2.24, 2.45) is 0 Å². The van der Waals surface area contributed by atoms with Crippen LogP contribution in [-0.2, 0) is 6.42 Å². The Balaban J connectivity index is 1.83. The maximum atomic E-state index is 12.7. The van der Waals surface area contributed by atoms with Gasteiger partial charge in [0.2, 0.25) is 0 Å². The summed E-state index contributed by atoms with van der Waals surface area (Å²) in [7, 11) is 1.60. The molecule has 1 atom stereocenters. The molecule has 3 aromatic carbocycles. The number of carbonyl (C=O) groups excluding carboxylic acids is 1. The van der Waals surface area contributed by atoms with Crippen LogP contribution in [0.4, 0.5) is 0 Å². The van der Waals surface area contributed by atoms with Crippen LogP contribution in [0.2, 0.25) is 0 Å². The van der Waals surface area contributed by atoms with Crippen LogP contribution in [0.25, 0.3) is 0 Å². The van der Waals surface area contributed by atoms with E-state index in [0.29, 0.717) is 11.3 Å². The number of rotatable bonds is 6. The van der Waals surface area contributed by atoms with Gasteiger partial charge in [0, 0.05) is 5.56 Å². The molecule has 0 radical (unpaired) electrons. The lowest BCUT2D eigenvalue weighted by Gasteiger charge is -2.20. The Bertz CT molecular complexity index is 816. The van der Waals surface area contributed by atoms with Crippen molar-refractivity contribution in [3.05, 3.63) is 102 Å². The average molecular weight is 331 g/mol. The Labute approximate surface area is 148 Å². The molecule has 3 nitrogen and oxygen atoms in total. The van der Waals surface area contributed by atoms with E-state index in [9.17, 15) is 4.79 Å². The van der Waals surface area contributed by atoms with Crippen molar-refractivity contribution in [3.8, 4) is 5.75 Å². The van der Waals surface area contributed by atoms with Gasteiger partial charge in [0.25, 0.3) is 5.91 Å². The summed E-state index contributed by atoms with van der Waals surface area (Å²) in [5.74, 6) is 0.565. The fourth-order valence-corrected chi connectivity index (χ4v) is 2.79. The lowest BCUT2D eigenvalue weighted by Crippen LogP contribution is -2.30. The monoisotopic (exact) mass is 331 g/mol. The van der Waals surface area contributed by atoms with Gasteiger partial charge in [0.1, 0.15) is 5.75 Å². The summed E-state index contributed by atoms with van der Waals surface area (Å²) >= 11 is 0. The Morgan fingerprint density at radius 2 is 1.60 bits per heavy atom. The van der Waals surface area contributed by atoms with E-state index >= 15 is 0 Å². The molecule has 1 N–H and O–H groups in total. The summed E-state index contributed by atoms with van der Waals surface area (Å²) in [6.45, 7) is 0. The molecule has 0 aromatic heterocycles. The highest BCUT2D eigenvalue weighted by atomic mass is 16.5. The molecule has 0 aliphatic heterocycles. The van der Waals surface area contributed by atoms with E-state index in [0.717, 1.165) is 12.0 Å². The van der Waals surface area contributed by atoms with Crippen molar-refractivity contribution in [3.63, 3.8) is 0 Å². The summed E-state index contributed by atoms with van der Waals surface area (Å²) < 4.78 is 5.21. The van der Waals surface area contributed by atoms with Gasteiger partial charge in [-0.15, -0.1) is 0 Å². The first kappa shape index (κ1) is 16.8. The summed E-state index contributed by atoms with van der Waals surface area (Å²) in [6.07, 6.45) is 0.737. The van der Waals surface area contributed by atoms with Crippen LogP contribution in [0, 0.1) is 0 Å². The Kier molecular flexibility index (Phi) is 5.47. The van der Waals surface area contributed by atoms with E-state index in [1.807, 2.05) is 60.7 Å². The summed E-state index contributed by atoms with van der Waals surface area (Å²) in [6, 6.07) is 27.3. The van der Waals surface area contributed by atoms with Gasteiger partial charge in [-0.2, -0.15) is 0 Å². The van der Waals surface area contributed by atoms with Crippen LogP contribution in [-0.4, -0.2) is 13.0 Å². The molecular formula is C22H21NO2. The third kappa shape index (κ3) is 4.48. The minimum absolute atomic E-state index is 0.0951. The van der Waals surface area contributed by atoms with Gasteiger partial charge in [0.15, 0.2) is 0 Å². The quantitative estimate of drug-likeness (QED) is 0.726. The second-order valence-corrected chi connectivity index (χ2v) is 5.86. The van der Waals surface area contributed by atoms with Gasteiger partial charge >= 0.3 is 0 Å². The zero-order valence-electron chi connectivity index (χ0n) is 14.2. The molecular weight excluding hydrogens is 310 g/mol. The Morgan fingerprint density at radius 3 is 2.28 bits per heavy atom. The SMILES string of the molecule is COc1cccc(C(=O)NC(Cc2ccccc2)c2ccccc2)c1. The average Bonchev–Trinajstić information content (AvgIpc) is 2.69. The van der Waals surface area contributed by atoms with Crippen LogP contribution < -0.4 is 10.1 Å². The standard InChI is InChI=1S/C22H21NO2/c1-25-20-14-8-13-19(16-20)22(24)23-21(18-11-6-3-7-12-18)15-17-9-4-2-5-10-17/h2-14,16,21H,15H2,1H3,(H,23,24). The second-order valence-electron chi connectivity index (χ2n) is 5.86. The van der Waals surface area contributed by atoms with Crippen molar-refractivity contribution < 1.29 is 9.53 Å². The van der Waals surface area contributed by atoms with E-state index in [2.05, 4.69) is 17.4 Å². The number of amides is 1. The Hall–Kier alpha value is -3.07. The number of methoxy groups -OCH3 is 1. The van der Waals surface area contributed by atoms with Crippen LogP contribution in [0.5, 0.6) is 5.75 Å². The normalized spacial score (nSPS) is 11.6. The van der Waals surface area contributed by atoms with E-state index in [-0.39, 0.29) is 11.9 Å². The van der Waals surface area contributed by atoms with Gasteiger partial charge in [-0.3, -0.25) is 4.79 Å². The van der Waals surface area contributed by atoms with Gasteiger partial charge in [0.05, 0.1) is 13.2 Å². The summed E-state index contributed by atoms with van der Waals surface area (Å²) in [4.78, 5) is 12.7. The fourth-order valence-electron chi connectivity index (χ4n) is 2.79. The lowest BCUT2D eigenvalue weighted by atomic mass is 9.98. The number of nitrogens with one attached hydrogen (secondary N) is 1. The molecule has 3 rings (SSSR count). The summed E-state index contributed by atoms with van der Waals surface area (Å²) in [5, 5.41) is 3.15. The molecule has 0 saturated heterocycles. The number of carbonyl (C=O) groups is 1. The minimum atomic E-state index is -0.108. The van der Waals surface area contributed by atoms with Gasteiger partial charge in [-0.1, -0.05) is 66.7 Å². The third-order valence-corrected chi connectivity index (χ3v) is 4.12. The number of hydrogen-bond acceptors (Lipinski definition) is 2. The lowest BCUT2D eigenvalue weighted by molar-refractivity contribution is 0.0936. The highest BCUT2D eigenvalue weighted by Crippen LogP contribution is 2.20. The molecule has 1 amide bonds. The second kappa shape index (κ2) is 8.15. The molecule has 0 aliphatic rings. The smallest absolute Gasteiger partial charge is 0.251 e. The molecule has 0 fully saturated rings. The molecule has 3 aromatic rings. The van der Waals surface area contributed by atoms with Gasteiger partial charge < -0.3 is 10.1 Å². The molecule has 0 bridgehead atoms. The predicted octanol–water partition coefficient (Wildman–Crippen LogP) is 4.41. The molecule has 126 valence electrons. The van der Waals surface area contributed by atoms with Crippen LogP contribution >= 0.6 is 0 Å². The van der Waals surface area contributed by atoms with Crippen LogP contribution in [0.3, 0.4) is 0 Å². The summed E-state index contributed by atoms with van der Waals surface area (Å²) in [5.41, 5.74) is 2.86. The number of benzene rings is 3. The highest BCUT2D eigenvalue weighted by molar-refractivity contribution is 5.94. The largest absolute Gasteiger partial charge is 0.497 e. The molecule has 1 unspecified atom stereocenters.